The summed E-state index contributed by atoms with van der Waals surface area (Å²) in [5.74, 6) is -0.771. The zero-order valence-electron chi connectivity index (χ0n) is 17.5. The first-order chi connectivity index (χ1) is 12.2. The maximum absolute atomic E-state index is 11.7. The summed E-state index contributed by atoms with van der Waals surface area (Å²) >= 11 is 1.68. The van der Waals surface area contributed by atoms with Crippen molar-refractivity contribution in [2.24, 2.45) is 5.92 Å². The predicted molar refractivity (Wildman–Crippen MR) is 111 cm³/mol. The molecule has 0 aromatic carbocycles. The SMILES string of the molecule is CC.CC.CC(O)C(=O)OC(C)(C)C1CCC(OC(=O)C(C)OI)CC1. The van der Waals surface area contributed by atoms with E-state index in [1.807, 2.05) is 41.5 Å². The number of aliphatic hydroxyl groups is 1. The van der Waals surface area contributed by atoms with Crippen LogP contribution in [0.3, 0.4) is 0 Å². The number of rotatable bonds is 6. The minimum absolute atomic E-state index is 0.110. The molecule has 2 unspecified atom stereocenters. The van der Waals surface area contributed by atoms with Gasteiger partial charge in [0.1, 0.15) is 40.8 Å². The molecule has 6 nitrogen and oxygen atoms in total. The van der Waals surface area contributed by atoms with Gasteiger partial charge in [-0.2, -0.15) is 0 Å². The topological polar surface area (TPSA) is 82.1 Å². The first-order valence-electron chi connectivity index (χ1n) is 9.56. The summed E-state index contributed by atoms with van der Waals surface area (Å²) in [7, 11) is 0. The number of ether oxygens (including phenoxy) is 2. The van der Waals surface area contributed by atoms with Crippen molar-refractivity contribution < 1.29 is 27.2 Å². The summed E-state index contributed by atoms with van der Waals surface area (Å²) in [5.41, 5.74) is -0.637. The van der Waals surface area contributed by atoms with Gasteiger partial charge in [0.15, 0.2) is 6.10 Å². The molecule has 7 heteroatoms. The highest BCUT2D eigenvalue weighted by Crippen LogP contribution is 2.36. The third-order valence-electron chi connectivity index (χ3n) is 4.11. The number of hydrogen-bond acceptors (Lipinski definition) is 6. The lowest BCUT2D eigenvalue weighted by molar-refractivity contribution is -0.173. The normalized spacial score (nSPS) is 21.8. The van der Waals surface area contributed by atoms with E-state index in [9.17, 15) is 14.7 Å². The van der Waals surface area contributed by atoms with Crippen molar-refractivity contribution in [2.75, 3.05) is 0 Å². The van der Waals surface area contributed by atoms with Crippen molar-refractivity contribution >= 4 is 34.9 Å². The highest BCUT2D eigenvalue weighted by atomic mass is 127. The maximum atomic E-state index is 11.7. The largest absolute Gasteiger partial charge is 0.460 e. The smallest absolute Gasteiger partial charge is 0.336 e. The number of carbonyl (C=O) groups excluding carboxylic acids is 2. The molecule has 1 fully saturated rings. The van der Waals surface area contributed by atoms with Crippen LogP contribution in [0.1, 0.15) is 81.1 Å². The molecule has 1 saturated carbocycles. The van der Waals surface area contributed by atoms with Crippen LogP contribution in [-0.4, -0.2) is 41.0 Å². The standard InChI is InChI=1S/C15H25IO6.2C2H6/c1-9(17)13(18)21-15(3,4)11-5-7-12(8-6-11)20-14(19)10(2)22-16;2*1-2/h9-12,17H,5-8H2,1-4H3;2*1-2H3. The van der Waals surface area contributed by atoms with Crippen LogP contribution in [0.25, 0.3) is 0 Å². The molecule has 0 aromatic heterocycles. The van der Waals surface area contributed by atoms with Crippen LogP contribution in [0.5, 0.6) is 0 Å². The number of aliphatic hydroxyl groups excluding tert-OH is 1. The van der Waals surface area contributed by atoms with Crippen molar-refractivity contribution in [1.29, 1.82) is 0 Å². The second-order valence-corrected chi connectivity index (χ2v) is 6.85. The Kier molecular flexibility index (Phi) is 15.6. The fourth-order valence-electron chi connectivity index (χ4n) is 2.60. The van der Waals surface area contributed by atoms with E-state index < -0.39 is 23.8 Å². The molecule has 0 bridgehead atoms. The van der Waals surface area contributed by atoms with Gasteiger partial charge in [-0.1, -0.05) is 27.7 Å². The molecule has 0 heterocycles. The van der Waals surface area contributed by atoms with Crippen LogP contribution >= 0.6 is 23.0 Å². The first kappa shape index (κ1) is 27.8. The minimum atomic E-state index is -1.12. The Morgan fingerprint density at radius 1 is 1.00 bits per heavy atom. The summed E-state index contributed by atoms with van der Waals surface area (Å²) in [4.78, 5) is 23.3. The van der Waals surface area contributed by atoms with Gasteiger partial charge in [0, 0.05) is 0 Å². The van der Waals surface area contributed by atoms with Crippen LogP contribution in [-0.2, 0) is 22.1 Å². The molecule has 1 aliphatic carbocycles. The fourth-order valence-corrected chi connectivity index (χ4v) is 2.81. The molecule has 1 aliphatic rings. The molecule has 1 N–H and O–H groups in total. The molecule has 156 valence electrons. The Balaban J connectivity index is 0. The average Bonchev–Trinajstić information content (AvgIpc) is 2.64. The first-order valence-corrected chi connectivity index (χ1v) is 10.4. The molecule has 0 saturated heterocycles. The molecule has 1 rings (SSSR count). The number of esters is 2. The third-order valence-corrected chi connectivity index (χ3v) is 4.87. The molecular formula is C19H37IO6. The van der Waals surface area contributed by atoms with Gasteiger partial charge >= 0.3 is 11.9 Å². The molecule has 0 aromatic rings. The van der Waals surface area contributed by atoms with Crippen LogP contribution in [0.4, 0.5) is 0 Å². The number of halogens is 1. The zero-order chi connectivity index (χ0) is 20.9. The van der Waals surface area contributed by atoms with Crippen LogP contribution in [0.15, 0.2) is 0 Å². The van der Waals surface area contributed by atoms with Crippen molar-refractivity contribution in [2.45, 2.75) is 105 Å². The van der Waals surface area contributed by atoms with Crippen molar-refractivity contribution in [1.82, 2.24) is 0 Å². The summed E-state index contributed by atoms with van der Waals surface area (Å²) in [6.07, 6.45) is 1.28. The van der Waals surface area contributed by atoms with E-state index in [4.69, 9.17) is 12.5 Å². The maximum Gasteiger partial charge on any atom is 0.336 e. The third kappa shape index (κ3) is 10.1. The minimum Gasteiger partial charge on any atom is -0.460 e. The van der Waals surface area contributed by atoms with E-state index in [1.165, 1.54) is 6.92 Å². The molecule has 2 atom stereocenters. The van der Waals surface area contributed by atoms with E-state index in [0.717, 1.165) is 25.7 Å². The Bertz CT molecular complexity index is 389. The molecule has 0 aliphatic heterocycles. The highest BCUT2D eigenvalue weighted by molar-refractivity contribution is 14.1. The fraction of sp³-hybridized carbons (Fsp3) is 0.895. The Hall–Kier alpha value is -0.410. The van der Waals surface area contributed by atoms with Gasteiger partial charge in [0.05, 0.1) is 0 Å². The van der Waals surface area contributed by atoms with Crippen molar-refractivity contribution in [3.8, 4) is 0 Å². The average molecular weight is 488 g/mol. The van der Waals surface area contributed by atoms with Gasteiger partial charge < -0.3 is 17.6 Å². The summed E-state index contributed by atoms with van der Waals surface area (Å²) in [6, 6.07) is 0. The molecular weight excluding hydrogens is 451 g/mol. The lowest BCUT2D eigenvalue weighted by atomic mass is 9.77. The molecule has 0 amide bonds. The molecule has 0 spiro atoms. The van der Waals surface area contributed by atoms with Crippen LogP contribution in [0.2, 0.25) is 0 Å². The van der Waals surface area contributed by atoms with E-state index in [0.29, 0.717) is 0 Å². The lowest BCUT2D eigenvalue weighted by Crippen LogP contribution is -2.42. The molecule has 26 heavy (non-hydrogen) atoms. The van der Waals surface area contributed by atoms with E-state index in [2.05, 4.69) is 0 Å². The second kappa shape index (κ2) is 14.6. The van der Waals surface area contributed by atoms with Gasteiger partial charge in [-0.05, 0) is 59.3 Å². The van der Waals surface area contributed by atoms with Crippen LogP contribution in [0, 0.1) is 5.92 Å². The monoisotopic (exact) mass is 488 g/mol. The van der Waals surface area contributed by atoms with Gasteiger partial charge in [-0.25, -0.2) is 9.59 Å². The second-order valence-electron chi connectivity index (χ2n) is 6.34. The van der Waals surface area contributed by atoms with Gasteiger partial charge in [0.2, 0.25) is 0 Å². The summed E-state index contributed by atoms with van der Waals surface area (Å²) in [5, 5.41) is 9.25. The Morgan fingerprint density at radius 2 is 1.46 bits per heavy atom. The van der Waals surface area contributed by atoms with E-state index in [-0.39, 0.29) is 18.0 Å². The Morgan fingerprint density at radius 3 is 1.85 bits per heavy atom. The lowest BCUT2D eigenvalue weighted by Gasteiger charge is -2.38. The van der Waals surface area contributed by atoms with Crippen LogP contribution < -0.4 is 0 Å². The van der Waals surface area contributed by atoms with Gasteiger partial charge in [0.25, 0.3) is 0 Å². The van der Waals surface area contributed by atoms with Crippen molar-refractivity contribution in [3.63, 3.8) is 0 Å². The van der Waals surface area contributed by atoms with Gasteiger partial charge in [-0.15, -0.1) is 0 Å². The molecule has 0 radical (unpaired) electrons. The highest BCUT2D eigenvalue weighted by Gasteiger charge is 2.38. The van der Waals surface area contributed by atoms with E-state index in [1.54, 1.807) is 29.9 Å². The van der Waals surface area contributed by atoms with Gasteiger partial charge in [-0.3, -0.25) is 0 Å². The van der Waals surface area contributed by atoms with E-state index >= 15 is 0 Å². The number of hydrogen-bond donors (Lipinski definition) is 1. The predicted octanol–water partition coefficient (Wildman–Crippen LogP) is 4.60. The summed E-state index contributed by atoms with van der Waals surface area (Å²) < 4.78 is 15.7. The summed E-state index contributed by atoms with van der Waals surface area (Å²) in [6.45, 7) is 14.8. The quantitative estimate of drug-likeness (QED) is 0.435. The number of carbonyl (C=O) groups is 2. The van der Waals surface area contributed by atoms with Crippen molar-refractivity contribution in [3.05, 3.63) is 0 Å². The zero-order valence-corrected chi connectivity index (χ0v) is 19.7. The Labute approximate surface area is 173 Å².